The standard InChI is InChI=1S/C25H27N3O7/c1-27(32)24(31)28-14-12-25(13-15-28,23(29)30)22-26-20(18-6-4-5-7-19(18)34-3)21(35-22)16-8-10-17(33-2)11-9-16/h4-11,32H,12-15H2,1-3H3,(H,29,30). The maximum atomic E-state index is 12.6. The lowest BCUT2D eigenvalue weighted by atomic mass is 9.78. The topological polar surface area (TPSA) is 126 Å². The molecule has 2 N–H and O–H groups in total. The number of oxazole rings is 1. The largest absolute Gasteiger partial charge is 0.497 e. The predicted molar refractivity (Wildman–Crippen MR) is 126 cm³/mol. The number of amides is 2. The smallest absolute Gasteiger partial charge is 0.343 e. The number of nitrogens with zero attached hydrogens (tertiary/aromatic N) is 3. The van der Waals surface area contributed by atoms with E-state index in [1.54, 1.807) is 32.4 Å². The van der Waals surface area contributed by atoms with Gasteiger partial charge >= 0.3 is 12.0 Å². The fourth-order valence-electron chi connectivity index (χ4n) is 4.29. The lowest BCUT2D eigenvalue weighted by molar-refractivity contribution is -0.147. The molecule has 1 fully saturated rings. The van der Waals surface area contributed by atoms with E-state index in [0.717, 1.165) is 0 Å². The van der Waals surface area contributed by atoms with Gasteiger partial charge < -0.3 is 23.9 Å². The van der Waals surface area contributed by atoms with E-state index in [-0.39, 0.29) is 31.8 Å². The monoisotopic (exact) mass is 481 g/mol. The number of carbonyl (C=O) groups excluding carboxylic acids is 1. The number of carboxylic acids is 1. The Balaban J connectivity index is 1.82. The quantitative estimate of drug-likeness (QED) is 0.401. The van der Waals surface area contributed by atoms with Crippen LogP contribution in [0, 0.1) is 0 Å². The summed E-state index contributed by atoms with van der Waals surface area (Å²) in [6.07, 6.45) is 0.158. The zero-order valence-electron chi connectivity index (χ0n) is 19.7. The van der Waals surface area contributed by atoms with Crippen LogP contribution in [-0.4, -0.2) is 71.6 Å². The number of urea groups is 1. The summed E-state index contributed by atoms with van der Waals surface area (Å²) in [6, 6.07) is 13.9. The number of hydrogen-bond acceptors (Lipinski definition) is 7. The molecule has 1 saturated heterocycles. The molecule has 1 aromatic heterocycles. The fourth-order valence-corrected chi connectivity index (χ4v) is 4.29. The minimum absolute atomic E-state index is 0.0566. The molecule has 184 valence electrons. The van der Waals surface area contributed by atoms with Crippen molar-refractivity contribution >= 4 is 12.0 Å². The first-order chi connectivity index (χ1) is 16.8. The number of benzene rings is 2. The molecule has 10 heteroatoms. The summed E-state index contributed by atoms with van der Waals surface area (Å²) >= 11 is 0. The molecular weight excluding hydrogens is 454 g/mol. The van der Waals surface area contributed by atoms with Crippen LogP contribution in [0.2, 0.25) is 0 Å². The Morgan fingerprint density at radius 1 is 1.06 bits per heavy atom. The first-order valence-corrected chi connectivity index (χ1v) is 11.0. The second-order valence-corrected chi connectivity index (χ2v) is 8.31. The van der Waals surface area contributed by atoms with Gasteiger partial charge in [-0.05, 0) is 49.2 Å². The number of aromatic nitrogens is 1. The zero-order valence-corrected chi connectivity index (χ0v) is 19.7. The predicted octanol–water partition coefficient (Wildman–Crippen LogP) is 3.89. The molecule has 2 heterocycles. The number of aliphatic carboxylic acids is 1. The molecule has 0 atom stereocenters. The number of carboxylic acid groups (broad SMARTS) is 1. The summed E-state index contributed by atoms with van der Waals surface area (Å²) < 4.78 is 17.0. The van der Waals surface area contributed by atoms with E-state index in [1.807, 2.05) is 30.3 Å². The van der Waals surface area contributed by atoms with Crippen LogP contribution < -0.4 is 9.47 Å². The minimum Gasteiger partial charge on any atom is -0.497 e. The summed E-state index contributed by atoms with van der Waals surface area (Å²) in [4.78, 5) is 30.8. The van der Waals surface area contributed by atoms with Crippen LogP contribution in [0.3, 0.4) is 0 Å². The van der Waals surface area contributed by atoms with Crippen molar-refractivity contribution in [2.24, 2.45) is 0 Å². The first kappa shape index (κ1) is 24.1. The van der Waals surface area contributed by atoms with Crippen LogP contribution in [0.15, 0.2) is 52.9 Å². The lowest BCUT2D eigenvalue weighted by Gasteiger charge is -2.37. The average Bonchev–Trinajstić information content (AvgIpc) is 3.33. The Morgan fingerprint density at radius 3 is 2.29 bits per heavy atom. The van der Waals surface area contributed by atoms with Crippen molar-refractivity contribution < 1.29 is 33.8 Å². The van der Waals surface area contributed by atoms with Crippen molar-refractivity contribution in [3.8, 4) is 34.1 Å². The van der Waals surface area contributed by atoms with Gasteiger partial charge in [0.2, 0.25) is 5.89 Å². The van der Waals surface area contributed by atoms with E-state index < -0.39 is 17.4 Å². The maximum Gasteiger partial charge on any atom is 0.343 e. The summed E-state index contributed by atoms with van der Waals surface area (Å²) in [6.45, 7) is 0.251. The fraction of sp³-hybridized carbons (Fsp3) is 0.320. The van der Waals surface area contributed by atoms with Crippen molar-refractivity contribution in [1.29, 1.82) is 0 Å². The van der Waals surface area contributed by atoms with Gasteiger partial charge in [0, 0.05) is 31.3 Å². The number of para-hydroxylation sites is 1. The third-order valence-electron chi connectivity index (χ3n) is 6.32. The molecule has 2 amide bonds. The van der Waals surface area contributed by atoms with Gasteiger partial charge in [0.15, 0.2) is 5.76 Å². The molecule has 0 radical (unpaired) electrons. The molecule has 0 spiro atoms. The van der Waals surface area contributed by atoms with Gasteiger partial charge in [-0.3, -0.25) is 10.0 Å². The molecule has 0 saturated carbocycles. The lowest BCUT2D eigenvalue weighted by Crippen LogP contribution is -2.51. The molecule has 0 bridgehead atoms. The Morgan fingerprint density at radius 2 is 1.71 bits per heavy atom. The van der Waals surface area contributed by atoms with E-state index in [2.05, 4.69) is 0 Å². The number of ether oxygens (including phenoxy) is 2. The van der Waals surface area contributed by atoms with Crippen molar-refractivity contribution in [1.82, 2.24) is 14.9 Å². The van der Waals surface area contributed by atoms with Crippen molar-refractivity contribution in [2.45, 2.75) is 18.3 Å². The molecule has 0 aliphatic carbocycles. The van der Waals surface area contributed by atoms with Crippen molar-refractivity contribution in [2.75, 3.05) is 34.4 Å². The second-order valence-electron chi connectivity index (χ2n) is 8.31. The molecule has 0 unspecified atom stereocenters. The molecule has 1 aliphatic rings. The van der Waals surface area contributed by atoms with Crippen LogP contribution in [0.1, 0.15) is 18.7 Å². The SMILES string of the molecule is COc1ccc(-c2oc(C3(C(=O)O)CCN(C(=O)N(C)O)CC3)nc2-c2ccccc2OC)cc1. The second kappa shape index (κ2) is 9.67. The molecule has 1 aliphatic heterocycles. The minimum atomic E-state index is -1.44. The average molecular weight is 482 g/mol. The van der Waals surface area contributed by atoms with E-state index in [9.17, 15) is 19.9 Å². The summed E-state index contributed by atoms with van der Waals surface area (Å²) in [7, 11) is 4.36. The van der Waals surface area contributed by atoms with Gasteiger partial charge in [0.1, 0.15) is 22.6 Å². The highest BCUT2D eigenvalue weighted by molar-refractivity contribution is 5.84. The maximum absolute atomic E-state index is 12.6. The Labute approximate surface area is 202 Å². The third kappa shape index (κ3) is 4.40. The number of hydrogen-bond donors (Lipinski definition) is 2. The van der Waals surface area contributed by atoms with E-state index >= 15 is 0 Å². The van der Waals surface area contributed by atoms with Crippen LogP contribution >= 0.6 is 0 Å². The summed E-state index contributed by atoms with van der Waals surface area (Å²) in [5.41, 5.74) is 0.370. The Bertz CT molecular complexity index is 1210. The van der Waals surface area contributed by atoms with E-state index in [4.69, 9.17) is 18.9 Å². The number of hydroxylamine groups is 2. The Hall–Kier alpha value is -4.05. The molecule has 2 aromatic carbocycles. The highest BCUT2D eigenvalue weighted by atomic mass is 16.5. The number of methoxy groups -OCH3 is 2. The molecule has 4 rings (SSSR count). The van der Waals surface area contributed by atoms with Gasteiger partial charge in [-0.15, -0.1) is 0 Å². The van der Waals surface area contributed by atoms with Crippen LogP contribution in [0.5, 0.6) is 11.5 Å². The van der Waals surface area contributed by atoms with E-state index in [0.29, 0.717) is 39.1 Å². The Kier molecular flexibility index (Phi) is 6.65. The van der Waals surface area contributed by atoms with Crippen LogP contribution in [0.4, 0.5) is 4.79 Å². The normalized spacial score (nSPS) is 14.9. The number of piperidine rings is 1. The van der Waals surface area contributed by atoms with Gasteiger partial charge in [-0.2, -0.15) is 0 Å². The van der Waals surface area contributed by atoms with Crippen LogP contribution in [-0.2, 0) is 10.2 Å². The summed E-state index contributed by atoms with van der Waals surface area (Å²) in [5.74, 6) is 0.608. The highest BCUT2D eigenvalue weighted by Gasteiger charge is 2.49. The third-order valence-corrected chi connectivity index (χ3v) is 6.32. The zero-order chi connectivity index (χ0) is 25.2. The van der Waals surface area contributed by atoms with Crippen molar-refractivity contribution in [3.63, 3.8) is 0 Å². The number of rotatable bonds is 6. The van der Waals surface area contributed by atoms with Crippen LogP contribution in [0.25, 0.3) is 22.6 Å². The summed E-state index contributed by atoms with van der Waals surface area (Å²) in [5, 5.41) is 20.3. The molecule has 3 aromatic rings. The van der Waals surface area contributed by atoms with Gasteiger partial charge in [0.05, 0.1) is 14.2 Å². The van der Waals surface area contributed by atoms with Gasteiger partial charge in [-0.1, -0.05) is 12.1 Å². The van der Waals surface area contributed by atoms with Gasteiger partial charge in [-0.25, -0.2) is 14.8 Å². The van der Waals surface area contributed by atoms with Crippen molar-refractivity contribution in [3.05, 3.63) is 54.4 Å². The molecular formula is C25H27N3O7. The number of carbonyl (C=O) groups is 2. The molecule has 10 nitrogen and oxygen atoms in total. The first-order valence-electron chi connectivity index (χ1n) is 11.0. The number of likely N-dealkylation sites (tertiary alicyclic amines) is 1. The van der Waals surface area contributed by atoms with E-state index in [1.165, 1.54) is 11.9 Å². The highest BCUT2D eigenvalue weighted by Crippen LogP contribution is 2.43. The van der Waals surface area contributed by atoms with Gasteiger partial charge in [0.25, 0.3) is 0 Å². The molecule has 35 heavy (non-hydrogen) atoms.